The van der Waals surface area contributed by atoms with E-state index in [2.05, 4.69) is 40.1 Å². The summed E-state index contributed by atoms with van der Waals surface area (Å²) in [6, 6.07) is 6.33. The summed E-state index contributed by atoms with van der Waals surface area (Å²) < 4.78 is 6.35. The topological polar surface area (TPSA) is 34.1 Å². The van der Waals surface area contributed by atoms with Crippen LogP contribution in [-0.4, -0.2) is 24.2 Å². The largest absolute Gasteiger partial charge is 0.380 e. The molecule has 3 nitrogen and oxygen atoms in total. The Balaban J connectivity index is 2.45. The summed E-state index contributed by atoms with van der Waals surface area (Å²) in [6.45, 7) is 8.71. The first-order chi connectivity index (χ1) is 8.13. The van der Waals surface area contributed by atoms with Crippen LogP contribution >= 0.6 is 15.9 Å². The van der Waals surface area contributed by atoms with Gasteiger partial charge in [0.25, 0.3) is 0 Å². The number of ether oxygens (including phenoxy) is 1. The second kappa shape index (κ2) is 7.80. The first-order valence-corrected chi connectivity index (χ1v) is 6.85. The van der Waals surface area contributed by atoms with Crippen LogP contribution in [-0.2, 0) is 11.3 Å². The smallest absolute Gasteiger partial charge is 0.106 e. The second-order valence-electron chi connectivity index (χ2n) is 4.34. The first kappa shape index (κ1) is 14.6. The number of pyridine rings is 1. The van der Waals surface area contributed by atoms with E-state index < -0.39 is 0 Å². The Labute approximate surface area is 112 Å². The number of nitrogens with zero attached hydrogens (tertiary/aromatic N) is 1. The van der Waals surface area contributed by atoms with Gasteiger partial charge in [-0.25, -0.2) is 4.98 Å². The van der Waals surface area contributed by atoms with Crippen LogP contribution in [0.25, 0.3) is 0 Å². The lowest BCUT2D eigenvalue weighted by Gasteiger charge is -2.22. The van der Waals surface area contributed by atoms with E-state index in [4.69, 9.17) is 4.74 Å². The van der Waals surface area contributed by atoms with Crippen molar-refractivity contribution in [1.82, 2.24) is 10.3 Å². The molecule has 1 N–H and O–H groups in total. The van der Waals surface area contributed by atoms with E-state index >= 15 is 0 Å². The van der Waals surface area contributed by atoms with Gasteiger partial charge >= 0.3 is 0 Å². The molecule has 0 aliphatic heterocycles. The molecule has 0 amide bonds. The molecular formula is C13H21BrN2O. The molecule has 0 spiro atoms. The van der Waals surface area contributed by atoms with Crippen molar-refractivity contribution >= 4 is 15.9 Å². The van der Waals surface area contributed by atoms with Gasteiger partial charge in [0.1, 0.15) is 4.60 Å². The summed E-state index contributed by atoms with van der Waals surface area (Å²) in [5.41, 5.74) is 1.04. The standard InChI is InChI=1S/C13H21BrN2O/c1-4-17-9-12(10(2)3)15-8-11-6-5-7-13(14)16-11/h5-7,10,12,15H,4,8-9H2,1-3H3. The predicted molar refractivity (Wildman–Crippen MR) is 73.9 cm³/mol. The van der Waals surface area contributed by atoms with Crippen LogP contribution < -0.4 is 5.32 Å². The molecule has 0 aliphatic carbocycles. The van der Waals surface area contributed by atoms with Gasteiger partial charge in [-0.3, -0.25) is 0 Å². The molecule has 1 aromatic rings. The molecule has 0 bridgehead atoms. The highest BCUT2D eigenvalue weighted by atomic mass is 79.9. The Hall–Kier alpha value is -0.450. The maximum atomic E-state index is 5.48. The summed E-state index contributed by atoms with van der Waals surface area (Å²) in [7, 11) is 0. The lowest BCUT2D eigenvalue weighted by atomic mass is 10.1. The number of nitrogens with one attached hydrogen (secondary N) is 1. The highest BCUT2D eigenvalue weighted by molar-refractivity contribution is 9.10. The maximum absolute atomic E-state index is 5.48. The van der Waals surface area contributed by atoms with Gasteiger partial charge in [-0.15, -0.1) is 0 Å². The molecule has 1 rings (SSSR count). The average Bonchev–Trinajstić information content (AvgIpc) is 2.28. The van der Waals surface area contributed by atoms with Crippen LogP contribution in [0.5, 0.6) is 0 Å². The molecule has 17 heavy (non-hydrogen) atoms. The molecule has 0 radical (unpaired) electrons. The van der Waals surface area contributed by atoms with E-state index in [1.807, 2.05) is 25.1 Å². The Morgan fingerprint density at radius 1 is 1.41 bits per heavy atom. The number of rotatable bonds is 7. The van der Waals surface area contributed by atoms with Crippen molar-refractivity contribution in [2.45, 2.75) is 33.4 Å². The average molecular weight is 301 g/mol. The van der Waals surface area contributed by atoms with Gasteiger partial charge < -0.3 is 10.1 Å². The summed E-state index contributed by atoms with van der Waals surface area (Å²) in [5.74, 6) is 0.550. The van der Waals surface area contributed by atoms with E-state index in [1.165, 1.54) is 0 Å². The van der Waals surface area contributed by atoms with Crippen LogP contribution in [0.2, 0.25) is 0 Å². The number of hydrogen-bond donors (Lipinski definition) is 1. The van der Waals surface area contributed by atoms with E-state index in [-0.39, 0.29) is 0 Å². The molecule has 0 saturated carbocycles. The minimum Gasteiger partial charge on any atom is -0.380 e. The Bertz CT molecular complexity index is 331. The zero-order chi connectivity index (χ0) is 12.7. The second-order valence-corrected chi connectivity index (χ2v) is 5.16. The van der Waals surface area contributed by atoms with Crippen molar-refractivity contribution in [3.05, 3.63) is 28.5 Å². The molecule has 0 fully saturated rings. The van der Waals surface area contributed by atoms with Crippen LogP contribution in [0.1, 0.15) is 26.5 Å². The fourth-order valence-corrected chi connectivity index (χ4v) is 1.90. The molecule has 1 heterocycles. The zero-order valence-corrected chi connectivity index (χ0v) is 12.3. The third-order valence-corrected chi connectivity index (χ3v) is 3.07. The van der Waals surface area contributed by atoms with Gasteiger partial charge in [-0.2, -0.15) is 0 Å². The van der Waals surface area contributed by atoms with Crippen molar-refractivity contribution in [2.75, 3.05) is 13.2 Å². The summed E-state index contributed by atoms with van der Waals surface area (Å²) in [6.07, 6.45) is 0. The van der Waals surface area contributed by atoms with Crippen LogP contribution in [0, 0.1) is 5.92 Å². The van der Waals surface area contributed by atoms with Crippen molar-refractivity contribution in [2.24, 2.45) is 5.92 Å². The molecule has 1 unspecified atom stereocenters. The molecule has 96 valence electrons. The van der Waals surface area contributed by atoms with Crippen molar-refractivity contribution in [1.29, 1.82) is 0 Å². The van der Waals surface area contributed by atoms with E-state index in [1.54, 1.807) is 0 Å². The van der Waals surface area contributed by atoms with Gasteiger partial charge in [-0.1, -0.05) is 19.9 Å². The van der Waals surface area contributed by atoms with E-state index in [0.717, 1.165) is 30.1 Å². The summed E-state index contributed by atoms with van der Waals surface area (Å²) in [4.78, 5) is 4.40. The minimum atomic E-state index is 0.371. The lowest BCUT2D eigenvalue weighted by molar-refractivity contribution is 0.107. The van der Waals surface area contributed by atoms with E-state index in [0.29, 0.717) is 12.0 Å². The van der Waals surface area contributed by atoms with Crippen molar-refractivity contribution in [3.8, 4) is 0 Å². The van der Waals surface area contributed by atoms with Crippen molar-refractivity contribution < 1.29 is 4.74 Å². The zero-order valence-electron chi connectivity index (χ0n) is 10.7. The molecular weight excluding hydrogens is 280 g/mol. The van der Waals surface area contributed by atoms with Crippen molar-refractivity contribution in [3.63, 3.8) is 0 Å². The fourth-order valence-electron chi connectivity index (χ4n) is 1.52. The van der Waals surface area contributed by atoms with Gasteiger partial charge in [0.05, 0.1) is 12.3 Å². The van der Waals surface area contributed by atoms with Gasteiger partial charge in [-0.05, 0) is 40.9 Å². The normalized spacial score (nSPS) is 13.0. The Morgan fingerprint density at radius 2 is 2.18 bits per heavy atom. The van der Waals surface area contributed by atoms with Crippen LogP contribution in [0.15, 0.2) is 22.8 Å². The quantitative estimate of drug-likeness (QED) is 0.786. The maximum Gasteiger partial charge on any atom is 0.106 e. The van der Waals surface area contributed by atoms with Crippen LogP contribution in [0.4, 0.5) is 0 Å². The molecule has 1 atom stereocenters. The summed E-state index contributed by atoms with van der Waals surface area (Å²) in [5, 5.41) is 3.49. The molecule has 0 saturated heterocycles. The molecule has 0 aliphatic rings. The molecule has 0 aromatic carbocycles. The number of aromatic nitrogens is 1. The molecule has 1 aromatic heterocycles. The van der Waals surface area contributed by atoms with Gasteiger partial charge in [0.2, 0.25) is 0 Å². The highest BCUT2D eigenvalue weighted by Gasteiger charge is 2.12. The third kappa shape index (κ3) is 5.61. The fraction of sp³-hybridized carbons (Fsp3) is 0.615. The lowest BCUT2D eigenvalue weighted by Crippen LogP contribution is -2.37. The van der Waals surface area contributed by atoms with Crippen LogP contribution in [0.3, 0.4) is 0 Å². The number of halogens is 1. The van der Waals surface area contributed by atoms with Gasteiger partial charge in [0.15, 0.2) is 0 Å². The monoisotopic (exact) mass is 300 g/mol. The Morgan fingerprint density at radius 3 is 2.76 bits per heavy atom. The summed E-state index contributed by atoms with van der Waals surface area (Å²) >= 11 is 3.38. The third-order valence-electron chi connectivity index (χ3n) is 2.62. The Kier molecular flexibility index (Phi) is 6.70. The highest BCUT2D eigenvalue weighted by Crippen LogP contribution is 2.08. The van der Waals surface area contributed by atoms with Gasteiger partial charge in [0, 0.05) is 19.2 Å². The SMILES string of the molecule is CCOCC(NCc1cccc(Br)n1)C(C)C. The first-order valence-electron chi connectivity index (χ1n) is 6.06. The predicted octanol–water partition coefficient (Wildman–Crippen LogP) is 2.99. The molecule has 4 heteroatoms. The van der Waals surface area contributed by atoms with E-state index in [9.17, 15) is 0 Å². The minimum absolute atomic E-state index is 0.371. The number of hydrogen-bond acceptors (Lipinski definition) is 3.